The average molecular weight is 475 g/mol. The first-order chi connectivity index (χ1) is 15.4. The Morgan fingerprint density at radius 1 is 1.38 bits per heavy atom. The number of nitrogens with zero attached hydrogens (tertiary/aromatic N) is 3. The zero-order valence-electron chi connectivity index (χ0n) is 17.7. The number of rotatable bonds is 10. The number of hydrogen-bond acceptors (Lipinski definition) is 8. The van der Waals surface area contributed by atoms with Crippen LogP contribution >= 0.6 is 11.3 Å². The molecule has 3 heterocycles. The smallest absolute Gasteiger partial charge is 0.247 e. The molecule has 4 rings (SSSR count). The maximum atomic E-state index is 12.1. The van der Waals surface area contributed by atoms with Crippen LogP contribution in [0.2, 0.25) is 0 Å². The number of aromatic nitrogens is 4. The highest BCUT2D eigenvalue weighted by Gasteiger charge is 2.26. The van der Waals surface area contributed by atoms with Crippen LogP contribution in [-0.2, 0) is 16.4 Å². The van der Waals surface area contributed by atoms with Crippen LogP contribution in [0, 0.1) is 0 Å². The lowest BCUT2D eigenvalue weighted by atomic mass is 10.1. The summed E-state index contributed by atoms with van der Waals surface area (Å²) in [5.74, 6) is 2.07. The molecule has 0 bridgehead atoms. The number of nitrogens with one attached hydrogen (secondary N) is 2. The lowest BCUT2D eigenvalue weighted by Gasteiger charge is -2.07. The molecular weight excluding hydrogens is 448 g/mol. The summed E-state index contributed by atoms with van der Waals surface area (Å²) in [6.07, 6.45) is 9.70. The molecule has 0 aromatic carbocycles. The fraction of sp³-hybridized carbons (Fsp3) is 0.381. The number of aliphatic hydroxyl groups excluding tert-OH is 1. The molecule has 0 atom stereocenters. The van der Waals surface area contributed by atoms with Crippen LogP contribution in [0.4, 0.5) is 11.6 Å². The van der Waals surface area contributed by atoms with Gasteiger partial charge in [0.05, 0.1) is 11.5 Å². The number of thiophene rings is 1. The fourth-order valence-electron chi connectivity index (χ4n) is 3.34. The zero-order chi connectivity index (χ0) is 22.7. The van der Waals surface area contributed by atoms with Crippen LogP contribution in [0.15, 0.2) is 28.6 Å². The Bertz CT molecular complexity index is 1230. The van der Waals surface area contributed by atoms with E-state index in [0.29, 0.717) is 45.8 Å². The van der Waals surface area contributed by atoms with Crippen molar-refractivity contribution >= 4 is 39.1 Å². The average Bonchev–Trinajstić information content (AvgIpc) is 3.34. The van der Waals surface area contributed by atoms with Crippen molar-refractivity contribution < 1.29 is 13.5 Å². The second kappa shape index (κ2) is 9.49. The second-order valence-corrected chi connectivity index (χ2v) is 10.6. The highest BCUT2D eigenvalue weighted by atomic mass is 32.2. The molecule has 32 heavy (non-hydrogen) atoms. The third-order valence-corrected chi connectivity index (χ3v) is 7.82. The molecular formula is C21H26N6O3S2. The number of aryl methyl sites for hydroxylation is 1. The van der Waals surface area contributed by atoms with Crippen LogP contribution in [0.3, 0.4) is 0 Å². The Kier molecular flexibility index (Phi) is 6.70. The number of unbranched alkanes of at least 4 members (excludes halogenated alkanes) is 1. The van der Waals surface area contributed by atoms with Crippen molar-refractivity contribution in [3.8, 4) is 10.7 Å². The van der Waals surface area contributed by atoms with Crippen LogP contribution in [0.1, 0.15) is 55.3 Å². The maximum absolute atomic E-state index is 12.1. The molecule has 1 saturated carbocycles. The largest absolute Gasteiger partial charge is 0.392 e. The Labute approximate surface area is 190 Å². The number of primary sulfonamides is 1. The summed E-state index contributed by atoms with van der Waals surface area (Å²) in [4.78, 5) is 9.70. The molecule has 1 aliphatic carbocycles. The number of nitrogens with two attached hydrogens (primary N) is 1. The maximum Gasteiger partial charge on any atom is 0.247 e. The molecule has 9 nitrogen and oxygen atoms in total. The Morgan fingerprint density at radius 3 is 2.88 bits per heavy atom. The number of H-pyrrole nitrogens is 1. The van der Waals surface area contributed by atoms with Gasteiger partial charge in [0, 0.05) is 29.4 Å². The molecule has 0 spiro atoms. The SMILES string of the molecule is CCCCc1cc(-c2ncc(C=CCO)c(Nc3cc(C4CC4)[nH]n3)n2)sc1S(N)(=O)=O. The van der Waals surface area contributed by atoms with Gasteiger partial charge in [-0.25, -0.2) is 23.5 Å². The van der Waals surface area contributed by atoms with Gasteiger partial charge in [0.15, 0.2) is 11.6 Å². The van der Waals surface area contributed by atoms with Crippen molar-refractivity contribution in [2.24, 2.45) is 5.14 Å². The third kappa shape index (κ3) is 5.23. The Morgan fingerprint density at radius 2 is 2.19 bits per heavy atom. The monoisotopic (exact) mass is 474 g/mol. The molecule has 0 amide bonds. The summed E-state index contributed by atoms with van der Waals surface area (Å²) in [5, 5.41) is 25.2. The molecule has 0 radical (unpaired) electrons. The van der Waals surface area contributed by atoms with E-state index in [9.17, 15) is 8.42 Å². The van der Waals surface area contributed by atoms with Gasteiger partial charge in [-0.05, 0) is 37.3 Å². The third-order valence-electron chi connectivity index (χ3n) is 5.13. The summed E-state index contributed by atoms with van der Waals surface area (Å²) in [7, 11) is -3.84. The molecule has 0 saturated heterocycles. The van der Waals surface area contributed by atoms with Gasteiger partial charge in [-0.15, -0.1) is 11.3 Å². The predicted octanol–water partition coefficient (Wildman–Crippen LogP) is 3.54. The predicted molar refractivity (Wildman–Crippen MR) is 125 cm³/mol. The first-order valence-electron chi connectivity index (χ1n) is 10.5. The lowest BCUT2D eigenvalue weighted by Crippen LogP contribution is -2.12. The van der Waals surface area contributed by atoms with E-state index in [1.165, 1.54) is 0 Å². The number of aliphatic hydroxyl groups is 1. The Balaban J connectivity index is 1.70. The Hall–Kier alpha value is -2.60. The minimum Gasteiger partial charge on any atom is -0.392 e. The highest BCUT2D eigenvalue weighted by Crippen LogP contribution is 2.40. The number of aromatic amines is 1. The molecule has 0 aliphatic heterocycles. The standard InChI is InChI=1S/C21H26N6O3S2/c1-2-3-5-14-10-17(31-21(14)32(22,29)30)20-23-12-15(6-4-9-28)19(25-20)24-18-11-16(26-27-18)13-7-8-13/h4,6,10-13,28H,2-3,5,7-9H2,1H3,(H2,22,29,30)(H2,23,24,25,26,27). The number of sulfonamides is 1. The van der Waals surface area contributed by atoms with Gasteiger partial charge in [0.1, 0.15) is 10.0 Å². The molecule has 170 valence electrons. The van der Waals surface area contributed by atoms with Crippen molar-refractivity contribution in [3.05, 3.63) is 41.2 Å². The van der Waals surface area contributed by atoms with Gasteiger partial charge in [-0.2, -0.15) is 5.10 Å². The van der Waals surface area contributed by atoms with Crippen molar-refractivity contribution in [1.82, 2.24) is 20.2 Å². The number of hydrogen-bond donors (Lipinski definition) is 4. The van der Waals surface area contributed by atoms with Crippen molar-refractivity contribution in [1.29, 1.82) is 0 Å². The summed E-state index contributed by atoms with van der Waals surface area (Å²) in [5.41, 5.74) is 2.46. The molecule has 5 N–H and O–H groups in total. The van der Waals surface area contributed by atoms with Gasteiger partial charge in [-0.1, -0.05) is 25.5 Å². The van der Waals surface area contributed by atoms with Crippen LogP contribution in [-0.4, -0.2) is 40.3 Å². The molecule has 1 fully saturated rings. The van der Waals surface area contributed by atoms with E-state index in [0.717, 1.165) is 42.7 Å². The highest BCUT2D eigenvalue weighted by molar-refractivity contribution is 7.91. The molecule has 1 aliphatic rings. The van der Waals surface area contributed by atoms with Gasteiger partial charge in [0.2, 0.25) is 10.0 Å². The van der Waals surface area contributed by atoms with E-state index in [1.54, 1.807) is 18.3 Å². The topological polar surface area (TPSA) is 147 Å². The lowest BCUT2D eigenvalue weighted by molar-refractivity contribution is 0.343. The molecule has 11 heteroatoms. The van der Waals surface area contributed by atoms with Crippen molar-refractivity contribution in [3.63, 3.8) is 0 Å². The van der Waals surface area contributed by atoms with E-state index < -0.39 is 10.0 Å². The number of anilines is 2. The summed E-state index contributed by atoms with van der Waals surface area (Å²) in [6, 6.07) is 3.77. The van der Waals surface area contributed by atoms with Gasteiger partial charge in [0.25, 0.3) is 0 Å². The van der Waals surface area contributed by atoms with Gasteiger partial charge in [-0.3, -0.25) is 5.10 Å². The van der Waals surface area contributed by atoms with E-state index in [1.807, 2.05) is 19.1 Å². The van der Waals surface area contributed by atoms with E-state index in [2.05, 4.69) is 25.5 Å². The van der Waals surface area contributed by atoms with Crippen molar-refractivity contribution in [2.45, 2.75) is 49.2 Å². The van der Waals surface area contributed by atoms with Crippen LogP contribution in [0.25, 0.3) is 16.8 Å². The first-order valence-corrected chi connectivity index (χ1v) is 12.9. The van der Waals surface area contributed by atoms with E-state index in [4.69, 9.17) is 10.2 Å². The van der Waals surface area contributed by atoms with Gasteiger partial charge < -0.3 is 10.4 Å². The quantitative estimate of drug-likeness (QED) is 0.351. The molecule has 3 aromatic heterocycles. The molecule has 0 unspecified atom stereocenters. The summed E-state index contributed by atoms with van der Waals surface area (Å²) < 4.78 is 24.3. The zero-order valence-corrected chi connectivity index (χ0v) is 19.3. The van der Waals surface area contributed by atoms with E-state index >= 15 is 0 Å². The summed E-state index contributed by atoms with van der Waals surface area (Å²) >= 11 is 1.08. The molecule has 3 aromatic rings. The minimum atomic E-state index is -3.84. The fourth-order valence-corrected chi connectivity index (χ4v) is 5.48. The van der Waals surface area contributed by atoms with Crippen LogP contribution < -0.4 is 10.5 Å². The second-order valence-electron chi connectivity index (χ2n) is 7.76. The first kappa shape index (κ1) is 22.6. The summed E-state index contributed by atoms with van der Waals surface area (Å²) in [6.45, 7) is 1.94. The normalized spacial score (nSPS) is 14.3. The van der Waals surface area contributed by atoms with Gasteiger partial charge >= 0.3 is 0 Å². The minimum absolute atomic E-state index is 0.112. The van der Waals surface area contributed by atoms with E-state index in [-0.39, 0.29) is 10.8 Å². The van der Waals surface area contributed by atoms with Crippen molar-refractivity contribution in [2.75, 3.05) is 11.9 Å². The van der Waals surface area contributed by atoms with Crippen LogP contribution in [0.5, 0.6) is 0 Å².